The molecule has 0 radical (unpaired) electrons. The monoisotopic (exact) mass is 468 g/mol. The third-order valence-corrected chi connectivity index (χ3v) is 7.10. The number of nitrogens with zero attached hydrogens (tertiary/aromatic N) is 2. The molecule has 2 aliphatic rings. The number of esters is 3. The van der Waals surface area contributed by atoms with Gasteiger partial charge in [-0.15, -0.1) is 0 Å². The molecule has 35 heavy (non-hydrogen) atoms. The molecular formula is C28H24N2O5. The normalized spacial score (nSPS) is 17.8. The van der Waals surface area contributed by atoms with Crippen LogP contribution in [0.5, 0.6) is 0 Å². The Kier molecular flexibility index (Phi) is 4.88. The Hall–Kier alpha value is -4.13. The van der Waals surface area contributed by atoms with Gasteiger partial charge in [0.2, 0.25) is 0 Å². The zero-order chi connectivity index (χ0) is 24.3. The fourth-order valence-corrected chi connectivity index (χ4v) is 5.57. The summed E-state index contributed by atoms with van der Waals surface area (Å²) in [4.78, 5) is 37.8. The second-order valence-corrected chi connectivity index (χ2v) is 9.25. The number of hydrogen-bond acceptors (Lipinski definition) is 5. The van der Waals surface area contributed by atoms with Gasteiger partial charge in [0.15, 0.2) is 0 Å². The fourth-order valence-electron chi connectivity index (χ4n) is 5.57. The van der Waals surface area contributed by atoms with Crippen LogP contribution in [0.4, 0.5) is 0 Å². The van der Waals surface area contributed by atoms with Crippen molar-refractivity contribution in [3.63, 3.8) is 0 Å². The van der Waals surface area contributed by atoms with Crippen LogP contribution in [-0.4, -0.2) is 33.6 Å². The number of rotatable bonds is 4. The summed E-state index contributed by atoms with van der Waals surface area (Å²) >= 11 is 0. The first-order valence-electron chi connectivity index (χ1n) is 11.7. The zero-order valence-electron chi connectivity index (χ0n) is 19.5. The van der Waals surface area contributed by atoms with Gasteiger partial charge in [-0.3, -0.25) is 4.79 Å². The maximum Gasteiger partial charge on any atom is 0.347 e. The Morgan fingerprint density at radius 2 is 1.69 bits per heavy atom. The number of aryl methyl sites for hydroxylation is 2. The van der Waals surface area contributed by atoms with Crippen molar-refractivity contribution in [2.24, 2.45) is 13.0 Å². The molecule has 0 N–H and O–H groups in total. The Labute approximate surface area is 201 Å². The summed E-state index contributed by atoms with van der Waals surface area (Å²) in [6, 6.07) is 15.7. The van der Waals surface area contributed by atoms with E-state index in [9.17, 15) is 14.4 Å². The van der Waals surface area contributed by atoms with Crippen molar-refractivity contribution in [1.82, 2.24) is 9.13 Å². The number of carbonyl (C=O) groups excluding carboxylic acids is 3. The first-order chi connectivity index (χ1) is 16.9. The van der Waals surface area contributed by atoms with Gasteiger partial charge in [0, 0.05) is 71.3 Å². The van der Waals surface area contributed by atoms with Crippen molar-refractivity contribution in [2.75, 3.05) is 6.61 Å². The number of carbonyl (C=O) groups is 3. The third-order valence-electron chi connectivity index (χ3n) is 7.10. The second-order valence-electron chi connectivity index (χ2n) is 9.25. The van der Waals surface area contributed by atoms with Crippen molar-refractivity contribution in [3.05, 3.63) is 71.5 Å². The number of ether oxygens (including phenoxy) is 2. The molecule has 0 aliphatic carbocycles. The smallest absolute Gasteiger partial charge is 0.347 e. The highest BCUT2D eigenvalue weighted by Gasteiger charge is 2.40. The molecule has 7 nitrogen and oxygen atoms in total. The third kappa shape index (κ3) is 3.30. The first-order valence-corrected chi connectivity index (χ1v) is 11.7. The van der Waals surface area contributed by atoms with E-state index in [4.69, 9.17) is 9.47 Å². The largest absolute Gasteiger partial charge is 0.466 e. The van der Waals surface area contributed by atoms with Gasteiger partial charge in [0.25, 0.3) is 0 Å². The number of cyclic esters (lactones) is 2. The van der Waals surface area contributed by atoms with Gasteiger partial charge in [-0.25, -0.2) is 9.59 Å². The molecule has 0 saturated carbocycles. The van der Waals surface area contributed by atoms with Gasteiger partial charge in [-0.1, -0.05) is 36.4 Å². The van der Waals surface area contributed by atoms with E-state index in [1.165, 1.54) is 6.92 Å². The Morgan fingerprint density at radius 3 is 2.46 bits per heavy atom. The second kappa shape index (κ2) is 7.98. The molecule has 1 unspecified atom stereocenters. The minimum Gasteiger partial charge on any atom is -0.466 e. The highest BCUT2D eigenvalue weighted by molar-refractivity contribution is 6.47. The summed E-state index contributed by atoms with van der Waals surface area (Å²) in [5, 5.41) is 1.80. The van der Waals surface area contributed by atoms with E-state index < -0.39 is 11.9 Å². The molecule has 176 valence electrons. The summed E-state index contributed by atoms with van der Waals surface area (Å²) < 4.78 is 14.7. The summed E-state index contributed by atoms with van der Waals surface area (Å²) in [6.07, 6.45) is 3.37. The lowest BCUT2D eigenvalue weighted by Gasteiger charge is -2.25. The molecule has 2 aliphatic heterocycles. The molecule has 4 aromatic rings. The molecular weight excluding hydrogens is 444 g/mol. The van der Waals surface area contributed by atoms with E-state index in [-0.39, 0.29) is 11.9 Å². The van der Waals surface area contributed by atoms with Gasteiger partial charge >= 0.3 is 17.9 Å². The van der Waals surface area contributed by atoms with E-state index in [0.29, 0.717) is 29.7 Å². The van der Waals surface area contributed by atoms with Crippen LogP contribution in [0.1, 0.15) is 30.2 Å². The summed E-state index contributed by atoms with van der Waals surface area (Å²) in [5.74, 6) is -1.43. The fraction of sp³-hybridized carbons (Fsp3) is 0.250. The molecule has 6 rings (SSSR count). The van der Waals surface area contributed by atoms with Crippen LogP contribution in [-0.2, 0) is 43.9 Å². The average Bonchev–Trinajstić information content (AvgIpc) is 3.45. The van der Waals surface area contributed by atoms with Crippen molar-refractivity contribution in [1.29, 1.82) is 0 Å². The summed E-state index contributed by atoms with van der Waals surface area (Å²) in [7, 11) is 1.92. The van der Waals surface area contributed by atoms with Crippen molar-refractivity contribution < 1.29 is 23.9 Å². The summed E-state index contributed by atoms with van der Waals surface area (Å²) in [5.41, 5.74) is 4.98. The molecule has 0 saturated heterocycles. The number of fused-ring (bicyclic) bond motifs is 4. The van der Waals surface area contributed by atoms with Crippen molar-refractivity contribution in [2.45, 2.75) is 26.3 Å². The molecule has 4 heterocycles. The molecule has 0 bridgehead atoms. The van der Waals surface area contributed by atoms with Crippen molar-refractivity contribution in [3.8, 4) is 0 Å². The maximum absolute atomic E-state index is 13.2. The molecule has 0 fully saturated rings. The quantitative estimate of drug-likeness (QED) is 0.330. The Balaban J connectivity index is 1.61. The van der Waals surface area contributed by atoms with Crippen LogP contribution in [0, 0.1) is 5.92 Å². The lowest BCUT2D eigenvalue weighted by Crippen LogP contribution is -2.24. The Bertz CT molecular complexity index is 1590. The standard InChI is InChI=1S/C28H24N2O5/c1-16(31)34-15-17-11-12-30-22-10-6-4-8-19(22)24(23(30)13-17)26-25(27(32)35-28(26)33)20-14-29(2)21-9-5-3-7-18(20)21/h3-10,14,17H,11-13,15H2,1-2H3. The van der Waals surface area contributed by atoms with E-state index in [1.807, 2.05) is 66.3 Å². The predicted molar refractivity (Wildman–Crippen MR) is 131 cm³/mol. The van der Waals surface area contributed by atoms with E-state index in [1.54, 1.807) is 0 Å². The highest BCUT2D eigenvalue weighted by Crippen LogP contribution is 2.44. The maximum atomic E-state index is 13.2. The van der Waals surface area contributed by atoms with E-state index in [0.717, 1.165) is 46.0 Å². The van der Waals surface area contributed by atoms with Gasteiger partial charge in [-0.05, 0) is 25.0 Å². The van der Waals surface area contributed by atoms with E-state index >= 15 is 0 Å². The zero-order valence-corrected chi connectivity index (χ0v) is 19.5. The number of hydrogen-bond donors (Lipinski definition) is 0. The Morgan fingerprint density at radius 1 is 1.00 bits per heavy atom. The molecule has 1 atom stereocenters. The van der Waals surface area contributed by atoms with Crippen molar-refractivity contribution >= 4 is 50.9 Å². The van der Waals surface area contributed by atoms with Gasteiger partial charge in [0.1, 0.15) is 0 Å². The minimum absolute atomic E-state index is 0.129. The molecule has 2 aromatic heterocycles. The highest BCUT2D eigenvalue weighted by atomic mass is 16.6. The topological polar surface area (TPSA) is 79.5 Å². The van der Waals surface area contributed by atoms with Crippen LogP contribution in [0.25, 0.3) is 33.0 Å². The van der Waals surface area contributed by atoms with Crippen LogP contribution < -0.4 is 0 Å². The van der Waals surface area contributed by atoms with Crippen LogP contribution in [0.2, 0.25) is 0 Å². The molecule has 0 amide bonds. The number of aromatic nitrogens is 2. The average molecular weight is 469 g/mol. The van der Waals surface area contributed by atoms with Crippen LogP contribution in [0.3, 0.4) is 0 Å². The number of benzene rings is 2. The lowest BCUT2D eigenvalue weighted by atomic mass is 9.89. The van der Waals surface area contributed by atoms with Crippen LogP contribution >= 0.6 is 0 Å². The molecule has 0 spiro atoms. The lowest BCUT2D eigenvalue weighted by molar-refractivity contribution is -0.149. The predicted octanol–water partition coefficient (Wildman–Crippen LogP) is 4.25. The SMILES string of the molecule is CC(=O)OCC1CCn2c(c(C3=C(c4cn(C)c5ccccc45)C(=O)OC3=O)c3ccccc32)C1. The summed E-state index contributed by atoms with van der Waals surface area (Å²) in [6.45, 7) is 2.48. The van der Waals surface area contributed by atoms with Gasteiger partial charge in [-0.2, -0.15) is 0 Å². The molecule has 2 aromatic carbocycles. The van der Waals surface area contributed by atoms with Gasteiger partial charge < -0.3 is 18.6 Å². The van der Waals surface area contributed by atoms with E-state index in [2.05, 4.69) is 4.57 Å². The van der Waals surface area contributed by atoms with Gasteiger partial charge in [0.05, 0.1) is 17.8 Å². The number of para-hydroxylation sites is 2. The molecule has 7 heteroatoms. The minimum atomic E-state index is -0.627. The van der Waals surface area contributed by atoms with Crippen LogP contribution in [0.15, 0.2) is 54.7 Å². The first kappa shape index (κ1) is 21.4.